The quantitative estimate of drug-likeness (QED) is 0.910. The zero-order valence-corrected chi connectivity index (χ0v) is 11.9. The summed E-state index contributed by atoms with van der Waals surface area (Å²) in [6, 6.07) is 4.53. The maximum Gasteiger partial charge on any atom is 0.0419 e. The van der Waals surface area contributed by atoms with E-state index in [1.54, 1.807) is 0 Å². The van der Waals surface area contributed by atoms with Crippen molar-refractivity contribution in [2.75, 3.05) is 17.3 Å². The van der Waals surface area contributed by atoms with E-state index in [0.29, 0.717) is 5.25 Å². The fourth-order valence-corrected chi connectivity index (χ4v) is 4.73. The monoisotopic (exact) mass is 268 g/mol. The van der Waals surface area contributed by atoms with E-state index < -0.39 is 0 Å². The van der Waals surface area contributed by atoms with Crippen molar-refractivity contribution in [1.29, 1.82) is 0 Å². The van der Waals surface area contributed by atoms with Crippen molar-refractivity contribution >= 4 is 23.5 Å². The van der Waals surface area contributed by atoms with E-state index >= 15 is 0 Å². The fraction of sp³-hybridized carbons (Fsp3) is 0.615. The first-order valence-corrected chi connectivity index (χ1v) is 8.38. The molecule has 94 valence electrons. The molecule has 0 aromatic carbocycles. The first-order chi connectivity index (χ1) is 8.29. The molecule has 2 rings (SSSR count). The number of hydrogen-bond acceptors (Lipinski definition) is 4. The van der Waals surface area contributed by atoms with Gasteiger partial charge in [-0.2, -0.15) is 23.5 Å². The summed E-state index contributed by atoms with van der Waals surface area (Å²) in [5, 5.41) is 0.599. The summed E-state index contributed by atoms with van der Waals surface area (Å²) >= 11 is 4.05. The van der Waals surface area contributed by atoms with Crippen molar-refractivity contribution in [3.63, 3.8) is 0 Å². The van der Waals surface area contributed by atoms with Crippen LogP contribution in [-0.4, -0.2) is 33.5 Å². The molecule has 17 heavy (non-hydrogen) atoms. The van der Waals surface area contributed by atoms with Gasteiger partial charge in [-0.05, 0) is 18.1 Å². The number of nitrogens with zero attached hydrogens (tertiary/aromatic N) is 1. The molecule has 2 atom stereocenters. The Hall–Kier alpha value is -0.190. The van der Waals surface area contributed by atoms with Gasteiger partial charge in [0.05, 0.1) is 0 Å². The molecular formula is C13H20N2S2. The molecule has 1 aromatic heterocycles. The van der Waals surface area contributed by atoms with E-state index in [-0.39, 0.29) is 6.04 Å². The van der Waals surface area contributed by atoms with Crippen LogP contribution in [0.2, 0.25) is 0 Å². The first-order valence-electron chi connectivity index (χ1n) is 6.18. The molecule has 2 unspecified atom stereocenters. The standard InChI is InChI=1S/C13H20N2S2/c1-2-10-3-4-11(15-8-10)7-12(14)13-9-16-5-6-17-13/h3-4,8,12-13H,2,5-7,9,14H2,1H3. The normalized spacial score (nSPS) is 22.4. The molecule has 1 aromatic rings. The minimum Gasteiger partial charge on any atom is -0.326 e. The van der Waals surface area contributed by atoms with Gasteiger partial charge in [-0.3, -0.25) is 4.98 Å². The van der Waals surface area contributed by atoms with E-state index in [0.717, 1.165) is 18.5 Å². The van der Waals surface area contributed by atoms with Gasteiger partial charge >= 0.3 is 0 Å². The van der Waals surface area contributed by atoms with Crippen LogP contribution in [0.5, 0.6) is 0 Å². The number of nitrogens with two attached hydrogens (primary N) is 1. The van der Waals surface area contributed by atoms with Gasteiger partial charge in [-0.15, -0.1) is 0 Å². The molecule has 0 bridgehead atoms. The maximum absolute atomic E-state index is 6.28. The highest BCUT2D eigenvalue weighted by Gasteiger charge is 2.21. The molecule has 1 aliphatic heterocycles. The lowest BCUT2D eigenvalue weighted by atomic mass is 10.1. The number of pyridine rings is 1. The molecule has 0 saturated carbocycles. The molecule has 0 radical (unpaired) electrons. The van der Waals surface area contributed by atoms with Gasteiger partial charge in [0, 0.05) is 46.9 Å². The zero-order chi connectivity index (χ0) is 12.1. The van der Waals surface area contributed by atoms with Crippen LogP contribution in [0, 0.1) is 0 Å². The summed E-state index contributed by atoms with van der Waals surface area (Å²) in [5.74, 6) is 3.71. The van der Waals surface area contributed by atoms with E-state index in [1.165, 1.54) is 22.8 Å². The molecule has 1 fully saturated rings. The number of rotatable bonds is 4. The third-order valence-electron chi connectivity index (χ3n) is 3.06. The highest BCUT2D eigenvalue weighted by Crippen LogP contribution is 2.26. The fourth-order valence-electron chi connectivity index (χ4n) is 1.91. The third kappa shape index (κ3) is 3.90. The van der Waals surface area contributed by atoms with Crippen LogP contribution < -0.4 is 5.73 Å². The summed E-state index contributed by atoms with van der Waals surface area (Å²) in [6.45, 7) is 2.15. The molecule has 1 aliphatic rings. The Morgan fingerprint density at radius 3 is 2.94 bits per heavy atom. The second-order valence-corrected chi connectivity index (χ2v) is 6.86. The topological polar surface area (TPSA) is 38.9 Å². The molecule has 1 saturated heterocycles. The summed E-state index contributed by atoms with van der Waals surface area (Å²) < 4.78 is 0. The average Bonchev–Trinajstić information content (AvgIpc) is 2.40. The van der Waals surface area contributed by atoms with Crippen molar-refractivity contribution in [2.24, 2.45) is 5.73 Å². The van der Waals surface area contributed by atoms with Crippen LogP contribution in [0.3, 0.4) is 0 Å². The SMILES string of the molecule is CCc1ccc(CC(N)C2CSCCS2)nc1. The Labute approximate surface area is 112 Å². The minimum atomic E-state index is 0.243. The second-order valence-electron chi connectivity index (χ2n) is 4.36. The highest BCUT2D eigenvalue weighted by atomic mass is 32.2. The lowest BCUT2D eigenvalue weighted by Crippen LogP contribution is -2.38. The van der Waals surface area contributed by atoms with Gasteiger partial charge in [-0.1, -0.05) is 13.0 Å². The van der Waals surface area contributed by atoms with E-state index in [4.69, 9.17) is 5.73 Å². The van der Waals surface area contributed by atoms with E-state index in [9.17, 15) is 0 Å². The van der Waals surface area contributed by atoms with Gasteiger partial charge in [0.25, 0.3) is 0 Å². The molecule has 2 N–H and O–H groups in total. The van der Waals surface area contributed by atoms with Crippen LogP contribution >= 0.6 is 23.5 Å². The van der Waals surface area contributed by atoms with Crippen molar-refractivity contribution in [3.05, 3.63) is 29.6 Å². The minimum absolute atomic E-state index is 0.243. The Balaban J connectivity index is 1.89. The molecule has 4 heteroatoms. The number of thioether (sulfide) groups is 2. The van der Waals surface area contributed by atoms with Gasteiger partial charge in [-0.25, -0.2) is 0 Å². The van der Waals surface area contributed by atoms with Gasteiger partial charge in [0.1, 0.15) is 0 Å². The molecule has 0 amide bonds. The molecule has 0 aliphatic carbocycles. The second kappa shape index (κ2) is 6.66. The maximum atomic E-state index is 6.28. The van der Waals surface area contributed by atoms with Crippen molar-refractivity contribution < 1.29 is 0 Å². The van der Waals surface area contributed by atoms with Crippen LogP contribution in [0.1, 0.15) is 18.2 Å². The molecule has 0 spiro atoms. The average molecular weight is 268 g/mol. The number of aryl methyl sites for hydroxylation is 1. The van der Waals surface area contributed by atoms with Crippen molar-refractivity contribution in [3.8, 4) is 0 Å². The third-order valence-corrected chi connectivity index (χ3v) is 6.00. The summed E-state index contributed by atoms with van der Waals surface area (Å²) in [7, 11) is 0. The molecule has 2 nitrogen and oxygen atoms in total. The summed E-state index contributed by atoms with van der Waals surface area (Å²) in [5.41, 5.74) is 8.70. The van der Waals surface area contributed by atoms with Crippen LogP contribution in [0.4, 0.5) is 0 Å². The van der Waals surface area contributed by atoms with Crippen LogP contribution in [-0.2, 0) is 12.8 Å². The van der Waals surface area contributed by atoms with Crippen LogP contribution in [0.15, 0.2) is 18.3 Å². The lowest BCUT2D eigenvalue weighted by molar-refractivity contribution is 0.653. The number of aromatic nitrogens is 1. The van der Waals surface area contributed by atoms with Crippen molar-refractivity contribution in [2.45, 2.75) is 31.1 Å². The smallest absolute Gasteiger partial charge is 0.0419 e. The Morgan fingerprint density at radius 1 is 1.47 bits per heavy atom. The Kier molecular flexibility index (Phi) is 5.19. The van der Waals surface area contributed by atoms with Gasteiger partial charge < -0.3 is 5.73 Å². The van der Waals surface area contributed by atoms with Gasteiger partial charge in [0.2, 0.25) is 0 Å². The zero-order valence-electron chi connectivity index (χ0n) is 10.3. The summed E-state index contributed by atoms with van der Waals surface area (Å²) in [6.07, 6.45) is 3.93. The van der Waals surface area contributed by atoms with E-state index in [2.05, 4.69) is 24.0 Å². The molecular weight excluding hydrogens is 248 g/mol. The Bertz CT molecular complexity index is 334. The predicted octanol–water partition coefficient (Wildman–Crippen LogP) is 2.36. The Morgan fingerprint density at radius 2 is 2.35 bits per heavy atom. The van der Waals surface area contributed by atoms with E-state index in [1.807, 2.05) is 29.7 Å². The van der Waals surface area contributed by atoms with Crippen LogP contribution in [0.25, 0.3) is 0 Å². The number of hydrogen-bond donors (Lipinski definition) is 1. The highest BCUT2D eigenvalue weighted by molar-refractivity contribution is 8.06. The largest absolute Gasteiger partial charge is 0.326 e. The first kappa shape index (κ1) is 13.2. The molecule has 2 heterocycles. The lowest BCUT2D eigenvalue weighted by Gasteiger charge is -2.26. The van der Waals surface area contributed by atoms with Gasteiger partial charge in [0.15, 0.2) is 0 Å². The van der Waals surface area contributed by atoms with Crippen molar-refractivity contribution in [1.82, 2.24) is 4.98 Å². The summed E-state index contributed by atoms with van der Waals surface area (Å²) in [4.78, 5) is 4.49. The predicted molar refractivity (Wildman–Crippen MR) is 78.9 cm³/mol.